The van der Waals surface area contributed by atoms with Gasteiger partial charge in [-0.25, -0.2) is 9.48 Å². The molecule has 8 nitrogen and oxygen atoms in total. The van der Waals surface area contributed by atoms with Crippen LogP contribution in [0.5, 0.6) is 5.75 Å². The van der Waals surface area contributed by atoms with E-state index in [2.05, 4.69) is 15.3 Å². The van der Waals surface area contributed by atoms with Crippen molar-refractivity contribution < 1.29 is 14.6 Å². The summed E-state index contributed by atoms with van der Waals surface area (Å²) in [5.41, 5.74) is 6.21. The Bertz CT molecular complexity index is 1780. The Hall–Kier alpha value is -5.24. The van der Waals surface area contributed by atoms with Gasteiger partial charge in [-0.3, -0.25) is 9.89 Å². The lowest BCUT2D eigenvalue weighted by Gasteiger charge is -2.14. The second kappa shape index (κ2) is 11.2. The smallest absolute Gasteiger partial charge is 0.335 e. The summed E-state index contributed by atoms with van der Waals surface area (Å²) in [5.74, 6) is -0.590. The fourth-order valence-electron chi connectivity index (χ4n) is 4.34. The van der Waals surface area contributed by atoms with Crippen molar-refractivity contribution >= 4 is 17.3 Å². The van der Waals surface area contributed by atoms with E-state index >= 15 is 0 Å². The van der Waals surface area contributed by atoms with Gasteiger partial charge in [0.2, 0.25) is 0 Å². The van der Waals surface area contributed by atoms with Gasteiger partial charge in [0, 0.05) is 5.56 Å². The van der Waals surface area contributed by atoms with E-state index in [0.29, 0.717) is 33.9 Å². The highest BCUT2D eigenvalue weighted by atomic mass is 16.5. The molecule has 2 N–H and O–H groups in total. The number of rotatable bonds is 8. The first kappa shape index (κ1) is 26.4. The quantitative estimate of drug-likeness (QED) is 0.202. The summed E-state index contributed by atoms with van der Waals surface area (Å²) in [6.45, 7) is 6.05. The number of hydrogen-bond acceptors (Lipinski definition) is 5. The molecule has 0 aliphatic carbocycles. The molecule has 1 heterocycles. The molecule has 0 spiro atoms. The lowest BCUT2D eigenvalue weighted by atomic mass is 10.0. The predicted octanol–water partition coefficient (Wildman–Crippen LogP) is 7.45. The zero-order valence-electron chi connectivity index (χ0n) is 22.4. The first-order valence-corrected chi connectivity index (χ1v) is 12.8. The molecule has 0 unspecified atom stereocenters. The summed E-state index contributed by atoms with van der Waals surface area (Å²) in [6.07, 6.45) is 0. The van der Waals surface area contributed by atoms with Gasteiger partial charge in [-0.1, -0.05) is 60.7 Å². The van der Waals surface area contributed by atoms with Crippen LogP contribution in [0.3, 0.4) is 0 Å². The number of aromatic carboxylic acids is 1. The van der Waals surface area contributed by atoms with Gasteiger partial charge in [0.1, 0.15) is 12.3 Å². The van der Waals surface area contributed by atoms with Gasteiger partial charge in [-0.2, -0.15) is 0 Å². The molecule has 0 amide bonds. The van der Waals surface area contributed by atoms with Gasteiger partial charge in [0.15, 0.2) is 11.4 Å². The minimum absolute atomic E-state index is 0.161. The highest BCUT2D eigenvalue weighted by Gasteiger charge is 2.16. The summed E-state index contributed by atoms with van der Waals surface area (Å²) in [5, 5.41) is 21.4. The lowest BCUT2D eigenvalue weighted by Crippen LogP contribution is -2.14. The van der Waals surface area contributed by atoms with E-state index in [4.69, 9.17) is 4.74 Å². The van der Waals surface area contributed by atoms with E-state index in [1.54, 1.807) is 31.2 Å². The van der Waals surface area contributed by atoms with Crippen LogP contribution in [-0.2, 0) is 6.61 Å². The first-order chi connectivity index (χ1) is 19.3. The van der Waals surface area contributed by atoms with E-state index in [9.17, 15) is 14.7 Å². The number of aryl methyl sites for hydroxylation is 3. The Balaban J connectivity index is 1.56. The SMILES string of the molecule is Cc1ccc(-n2[nH]c(C)c(N=Nc3cccc(-c4cccc(C(=O)O)c4)c3OCc3ccccc3)c2=O)cc1C. The number of para-hydroxylation sites is 1. The van der Waals surface area contributed by atoms with Gasteiger partial charge in [-0.15, -0.1) is 10.2 Å². The van der Waals surface area contributed by atoms with Gasteiger partial charge in [0.05, 0.1) is 16.9 Å². The summed E-state index contributed by atoms with van der Waals surface area (Å²) in [4.78, 5) is 24.9. The highest BCUT2D eigenvalue weighted by molar-refractivity contribution is 5.90. The molecule has 200 valence electrons. The number of carboxylic acid groups (broad SMARTS) is 1. The number of nitrogens with one attached hydrogen (secondary N) is 1. The third-order valence-corrected chi connectivity index (χ3v) is 6.69. The molecule has 4 aromatic carbocycles. The maximum Gasteiger partial charge on any atom is 0.335 e. The molecular formula is C32H28N4O4. The van der Waals surface area contributed by atoms with E-state index in [0.717, 1.165) is 16.7 Å². The van der Waals surface area contributed by atoms with Crippen LogP contribution < -0.4 is 10.3 Å². The summed E-state index contributed by atoms with van der Waals surface area (Å²) in [7, 11) is 0. The predicted molar refractivity (Wildman–Crippen MR) is 154 cm³/mol. The number of aromatic nitrogens is 2. The van der Waals surface area contributed by atoms with Crippen LogP contribution >= 0.6 is 0 Å². The van der Waals surface area contributed by atoms with E-state index in [-0.39, 0.29) is 23.4 Å². The average molecular weight is 533 g/mol. The van der Waals surface area contributed by atoms with Crippen molar-refractivity contribution in [3.63, 3.8) is 0 Å². The van der Waals surface area contributed by atoms with Gasteiger partial charge in [-0.05, 0) is 73.4 Å². The van der Waals surface area contributed by atoms with Crippen LogP contribution in [0.2, 0.25) is 0 Å². The van der Waals surface area contributed by atoms with Crippen molar-refractivity contribution in [1.82, 2.24) is 9.78 Å². The van der Waals surface area contributed by atoms with E-state index in [1.807, 2.05) is 74.5 Å². The number of aromatic amines is 1. The molecule has 40 heavy (non-hydrogen) atoms. The fraction of sp³-hybridized carbons (Fsp3) is 0.125. The number of azo groups is 1. The number of H-pyrrole nitrogens is 1. The van der Waals surface area contributed by atoms with Crippen LogP contribution in [0.25, 0.3) is 16.8 Å². The topological polar surface area (TPSA) is 109 Å². The lowest BCUT2D eigenvalue weighted by molar-refractivity contribution is 0.0697. The molecule has 5 aromatic rings. The Kier molecular flexibility index (Phi) is 7.41. The molecule has 0 fully saturated rings. The number of ether oxygens (including phenoxy) is 1. The Labute approximate surface area is 231 Å². The molecular weight excluding hydrogens is 504 g/mol. The third-order valence-electron chi connectivity index (χ3n) is 6.69. The van der Waals surface area contributed by atoms with Crippen molar-refractivity contribution in [3.8, 4) is 22.6 Å². The number of benzene rings is 4. The van der Waals surface area contributed by atoms with Gasteiger partial charge >= 0.3 is 5.97 Å². The van der Waals surface area contributed by atoms with E-state index < -0.39 is 5.97 Å². The zero-order chi connectivity index (χ0) is 28.2. The summed E-state index contributed by atoms with van der Waals surface area (Å²) < 4.78 is 7.72. The van der Waals surface area contributed by atoms with Crippen LogP contribution in [0, 0.1) is 20.8 Å². The monoisotopic (exact) mass is 532 g/mol. The van der Waals surface area contributed by atoms with Crippen LogP contribution in [-0.4, -0.2) is 20.9 Å². The molecule has 0 atom stereocenters. The van der Waals surface area contributed by atoms with Gasteiger partial charge in [0.25, 0.3) is 5.56 Å². The number of carboxylic acids is 1. The fourth-order valence-corrected chi connectivity index (χ4v) is 4.34. The molecule has 0 bridgehead atoms. The van der Waals surface area contributed by atoms with Crippen molar-refractivity contribution in [3.05, 3.63) is 129 Å². The summed E-state index contributed by atoms with van der Waals surface area (Å²) in [6, 6.07) is 27.5. The number of carbonyl (C=O) groups is 1. The highest BCUT2D eigenvalue weighted by Crippen LogP contribution is 2.40. The molecule has 0 saturated carbocycles. The molecule has 1 aromatic heterocycles. The standard InChI is InChI=1S/C32H28N4O4/c1-20-15-16-26(17-21(20)2)36-31(37)29(22(3)35-36)34-33-28-14-8-13-27(24-11-7-12-25(18-24)32(38)39)30(28)40-19-23-9-5-4-6-10-23/h4-18,35H,19H2,1-3H3,(H,38,39). The van der Waals surface area contributed by atoms with Crippen molar-refractivity contribution in [1.29, 1.82) is 0 Å². The number of hydrogen-bond donors (Lipinski definition) is 2. The van der Waals surface area contributed by atoms with Crippen LogP contribution in [0.4, 0.5) is 11.4 Å². The Morgan fingerprint density at radius 1 is 0.875 bits per heavy atom. The minimum Gasteiger partial charge on any atom is -0.486 e. The van der Waals surface area contributed by atoms with Crippen molar-refractivity contribution in [2.24, 2.45) is 10.2 Å². The largest absolute Gasteiger partial charge is 0.486 e. The van der Waals surface area contributed by atoms with E-state index in [1.165, 1.54) is 10.7 Å². The number of nitrogens with zero attached hydrogens (tertiary/aromatic N) is 3. The average Bonchev–Trinajstić information content (AvgIpc) is 3.25. The first-order valence-electron chi connectivity index (χ1n) is 12.8. The van der Waals surface area contributed by atoms with Crippen LogP contribution in [0.15, 0.2) is 106 Å². The Morgan fingerprint density at radius 3 is 2.40 bits per heavy atom. The molecule has 0 aliphatic heterocycles. The second-order valence-corrected chi connectivity index (χ2v) is 9.51. The minimum atomic E-state index is -1.02. The maximum absolute atomic E-state index is 13.3. The molecule has 0 radical (unpaired) electrons. The molecule has 5 rings (SSSR count). The zero-order valence-corrected chi connectivity index (χ0v) is 22.4. The second-order valence-electron chi connectivity index (χ2n) is 9.51. The van der Waals surface area contributed by atoms with Crippen molar-refractivity contribution in [2.75, 3.05) is 0 Å². The summed E-state index contributed by atoms with van der Waals surface area (Å²) >= 11 is 0. The van der Waals surface area contributed by atoms with Gasteiger partial charge < -0.3 is 9.84 Å². The maximum atomic E-state index is 13.3. The third kappa shape index (κ3) is 5.47. The Morgan fingerprint density at radius 2 is 1.65 bits per heavy atom. The molecule has 0 saturated heterocycles. The van der Waals surface area contributed by atoms with Crippen LogP contribution in [0.1, 0.15) is 32.7 Å². The molecule has 8 heteroatoms. The van der Waals surface area contributed by atoms with Crippen molar-refractivity contribution in [2.45, 2.75) is 27.4 Å². The molecule has 0 aliphatic rings. The normalized spacial score (nSPS) is 11.2.